The lowest BCUT2D eigenvalue weighted by molar-refractivity contribution is -0.385. The first-order chi connectivity index (χ1) is 14.5. The van der Waals surface area contributed by atoms with Gasteiger partial charge < -0.3 is 9.80 Å². The Morgan fingerprint density at radius 3 is 2.39 bits per heavy atom. The molecule has 1 aromatic rings. The van der Waals surface area contributed by atoms with Gasteiger partial charge in [0.2, 0.25) is 0 Å². The Kier molecular flexibility index (Phi) is 7.51. The van der Waals surface area contributed by atoms with Crippen molar-refractivity contribution >= 4 is 64.6 Å². The minimum absolute atomic E-state index is 0.100. The van der Waals surface area contributed by atoms with Gasteiger partial charge in [0.1, 0.15) is 4.99 Å². The maximum absolute atomic E-state index is 14.6. The monoisotopic (exact) mass is 638 g/mol. The zero-order valence-electron chi connectivity index (χ0n) is 17.0. The lowest BCUT2D eigenvalue weighted by Gasteiger charge is -2.36. The summed E-state index contributed by atoms with van der Waals surface area (Å²) in [4.78, 5) is 14.3. The van der Waals surface area contributed by atoms with E-state index < -0.39 is 32.1 Å². The average Bonchev–Trinajstić information content (AvgIpc) is 2.95. The second kappa shape index (κ2) is 9.31. The van der Waals surface area contributed by atoms with Crippen LogP contribution in [0.15, 0.2) is 17.0 Å². The van der Waals surface area contributed by atoms with Gasteiger partial charge in [-0.2, -0.15) is 13.2 Å². The van der Waals surface area contributed by atoms with Gasteiger partial charge in [0.25, 0.3) is 5.69 Å². The van der Waals surface area contributed by atoms with E-state index in [1.54, 1.807) is 4.31 Å². The molecule has 0 N–H and O–H groups in total. The number of rotatable bonds is 6. The predicted octanol–water partition coefficient (Wildman–Crippen LogP) is 3.98. The fraction of sp³-hybridized carbons (Fsp3) is 0.611. The number of hydrogen-bond acceptors (Lipinski definition) is 5. The van der Waals surface area contributed by atoms with E-state index in [0.717, 1.165) is 6.07 Å². The number of nitro benzene ring substituents is 1. The van der Waals surface area contributed by atoms with Gasteiger partial charge in [0, 0.05) is 42.2 Å². The number of benzene rings is 1. The molecule has 7 nitrogen and oxygen atoms in total. The van der Waals surface area contributed by atoms with Crippen LogP contribution in [0.5, 0.6) is 0 Å². The van der Waals surface area contributed by atoms with Crippen molar-refractivity contribution in [2.45, 2.75) is 30.0 Å². The molecule has 0 aromatic heterocycles. The minimum atomic E-state index is -4.82. The molecule has 0 amide bonds. The van der Waals surface area contributed by atoms with E-state index in [-0.39, 0.29) is 28.5 Å². The average molecular weight is 639 g/mol. The fourth-order valence-electron chi connectivity index (χ4n) is 4.18. The molecular formula is C18H23BrF3IN4O3S. The molecule has 1 atom stereocenters. The summed E-state index contributed by atoms with van der Waals surface area (Å²) in [5.74, 6) is 0. The molecule has 0 radical (unpaired) electrons. The first-order valence-electron chi connectivity index (χ1n) is 9.57. The summed E-state index contributed by atoms with van der Waals surface area (Å²) in [6.07, 6.45) is -3.40. The molecule has 174 valence electrons. The maximum atomic E-state index is 14.6. The van der Waals surface area contributed by atoms with E-state index in [2.05, 4.69) is 43.4 Å². The topological polar surface area (TPSA) is 69.9 Å². The van der Waals surface area contributed by atoms with Crippen molar-refractivity contribution in [3.63, 3.8) is 0 Å². The van der Waals surface area contributed by atoms with Gasteiger partial charge in [-0.05, 0) is 26.9 Å². The highest BCUT2D eigenvalue weighted by atomic mass is 127. The molecule has 2 heterocycles. The molecule has 1 fully saturated rings. The molecule has 0 bridgehead atoms. The molecule has 13 heteroatoms. The maximum Gasteiger partial charge on any atom is 0.418 e. The number of non-ortho nitro benzene ring substituents is 1. The van der Waals surface area contributed by atoms with Gasteiger partial charge in [-0.25, -0.2) is 8.51 Å². The van der Waals surface area contributed by atoms with Crippen LogP contribution in [0.2, 0.25) is 0 Å². The van der Waals surface area contributed by atoms with Gasteiger partial charge in [0.15, 0.2) is 0 Å². The molecule has 31 heavy (non-hydrogen) atoms. The number of nitrogens with zero attached hydrogens (tertiary/aromatic N) is 4. The summed E-state index contributed by atoms with van der Waals surface area (Å²) in [5.41, 5.74) is -2.04. The molecule has 0 saturated carbocycles. The van der Waals surface area contributed by atoms with Crippen molar-refractivity contribution in [3.05, 3.63) is 27.8 Å². The number of nitro groups is 1. The van der Waals surface area contributed by atoms with Crippen LogP contribution in [0.25, 0.3) is 0 Å². The van der Waals surface area contributed by atoms with Crippen LogP contribution in [0.4, 0.5) is 24.5 Å². The van der Waals surface area contributed by atoms with Crippen LogP contribution in [-0.2, 0) is 15.9 Å². The predicted molar refractivity (Wildman–Crippen MR) is 128 cm³/mol. The SMILES string of the molecule is CN(C)C1CCN(S2(=O)=C(CBr)N(CCI)c3c(C(F)(F)F)cc([N+](=O)[O-])cc32)CC1. The zero-order valence-corrected chi connectivity index (χ0v) is 21.6. The van der Waals surface area contributed by atoms with Gasteiger partial charge in [-0.15, -0.1) is 0 Å². The summed E-state index contributed by atoms with van der Waals surface area (Å²) in [6, 6.07) is 1.91. The van der Waals surface area contributed by atoms with E-state index in [1.165, 1.54) is 4.90 Å². The van der Waals surface area contributed by atoms with Crippen LogP contribution in [0, 0.1) is 10.1 Å². The Hall–Kier alpha value is -0.640. The quantitative estimate of drug-likeness (QED) is 0.155. The number of anilines is 1. The molecule has 3 rings (SSSR count). The zero-order chi connectivity index (χ0) is 23.1. The van der Waals surface area contributed by atoms with E-state index in [1.807, 2.05) is 14.1 Å². The smallest absolute Gasteiger partial charge is 0.334 e. The van der Waals surface area contributed by atoms with Crippen LogP contribution in [0.3, 0.4) is 0 Å². The largest absolute Gasteiger partial charge is 0.418 e. The lowest BCUT2D eigenvalue weighted by atomic mass is 10.1. The summed E-state index contributed by atoms with van der Waals surface area (Å²) in [5, 5.41) is 11.5. The molecule has 2 aliphatic rings. The fourth-order valence-corrected chi connectivity index (χ4v) is 8.84. The molecule has 0 aliphatic carbocycles. The van der Waals surface area contributed by atoms with Crippen molar-refractivity contribution in [2.75, 3.05) is 48.4 Å². The lowest BCUT2D eigenvalue weighted by Crippen LogP contribution is -2.46. The number of fused-ring (bicyclic) bond motifs is 1. The summed E-state index contributed by atoms with van der Waals surface area (Å²) in [7, 11) is 0.659. The third kappa shape index (κ3) is 4.44. The molecule has 1 saturated heterocycles. The number of alkyl halides is 5. The van der Waals surface area contributed by atoms with E-state index >= 15 is 0 Å². The van der Waals surface area contributed by atoms with Gasteiger partial charge in [-0.1, -0.05) is 38.5 Å². The van der Waals surface area contributed by atoms with Crippen molar-refractivity contribution in [2.24, 2.45) is 0 Å². The van der Waals surface area contributed by atoms with Crippen LogP contribution < -0.4 is 4.90 Å². The molecule has 1 unspecified atom stereocenters. The number of hydrogen-bond donors (Lipinski definition) is 0. The Morgan fingerprint density at radius 2 is 1.94 bits per heavy atom. The number of halogens is 5. The Bertz CT molecular complexity index is 990. The van der Waals surface area contributed by atoms with Gasteiger partial charge in [0.05, 0.1) is 36.1 Å². The number of piperidine rings is 1. The van der Waals surface area contributed by atoms with E-state index in [0.29, 0.717) is 41.4 Å². The van der Waals surface area contributed by atoms with Crippen LogP contribution >= 0.6 is 38.5 Å². The summed E-state index contributed by atoms with van der Waals surface area (Å²) in [6.45, 7) is 1.08. The highest BCUT2D eigenvalue weighted by molar-refractivity contribution is 14.1. The third-order valence-corrected chi connectivity index (χ3v) is 10.1. The first-order valence-corrected chi connectivity index (χ1v) is 13.7. The van der Waals surface area contributed by atoms with Crippen LogP contribution in [-0.4, -0.2) is 72.9 Å². The Balaban J connectivity index is 2.27. The molecule has 2 aliphatic heterocycles. The third-order valence-electron chi connectivity index (χ3n) is 5.70. The van der Waals surface area contributed by atoms with Crippen molar-refractivity contribution in [1.29, 1.82) is 0 Å². The highest BCUT2D eigenvalue weighted by Crippen LogP contribution is 2.48. The molecular weight excluding hydrogens is 616 g/mol. The molecule has 1 aromatic carbocycles. The standard InChI is InChI=1S/C18H23BrF3IN4O3S/c1-24(2)12-3-6-25(7-4-12)31(30)15-10-13(27(28)29)9-14(18(20,21)22)17(15)26(8-5-23)16(31)11-19/h9-10,12H,3-8,11H2,1-2H3. The van der Waals surface area contributed by atoms with E-state index in [9.17, 15) is 27.5 Å². The normalized spacial score (nSPS) is 23.0. The van der Waals surface area contributed by atoms with Gasteiger partial charge in [-0.3, -0.25) is 10.1 Å². The second-order valence-corrected chi connectivity index (χ2v) is 11.7. The highest BCUT2D eigenvalue weighted by Gasteiger charge is 2.47. The van der Waals surface area contributed by atoms with Crippen molar-refractivity contribution in [1.82, 2.24) is 9.21 Å². The summed E-state index contributed by atoms with van der Waals surface area (Å²) >= 11 is 5.39. The summed E-state index contributed by atoms with van der Waals surface area (Å²) < 4.78 is 58.7. The second-order valence-electron chi connectivity index (χ2n) is 7.61. The van der Waals surface area contributed by atoms with Crippen molar-refractivity contribution < 1.29 is 22.3 Å². The first kappa shape index (κ1) is 25.0. The molecule has 0 spiro atoms. The minimum Gasteiger partial charge on any atom is -0.334 e. The van der Waals surface area contributed by atoms with Gasteiger partial charge >= 0.3 is 6.18 Å². The van der Waals surface area contributed by atoms with E-state index in [4.69, 9.17) is 0 Å². The van der Waals surface area contributed by atoms with Crippen LogP contribution in [0.1, 0.15) is 18.4 Å². The van der Waals surface area contributed by atoms with Crippen molar-refractivity contribution in [3.8, 4) is 0 Å². The Morgan fingerprint density at radius 1 is 1.32 bits per heavy atom. The Labute approximate surface area is 201 Å².